The highest BCUT2D eigenvalue weighted by molar-refractivity contribution is 5.07. The van der Waals surface area contributed by atoms with E-state index in [1.54, 1.807) is 0 Å². The number of nitrogens with zero attached hydrogens (tertiary/aromatic N) is 2. The van der Waals surface area contributed by atoms with Gasteiger partial charge in [-0.05, 0) is 33.7 Å². The van der Waals surface area contributed by atoms with Gasteiger partial charge in [-0.15, -0.1) is 0 Å². The Morgan fingerprint density at radius 1 is 1.69 bits per heavy atom. The fourth-order valence-electron chi connectivity index (χ4n) is 2.58. The summed E-state index contributed by atoms with van der Waals surface area (Å²) in [5.41, 5.74) is -0.118. The second-order valence-electron chi connectivity index (χ2n) is 4.56. The maximum absolute atomic E-state index is 5.90. The van der Waals surface area contributed by atoms with Gasteiger partial charge in [0.05, 0.1) is 11.6 Å². The quantitative estimate of drug-likeness (QED) is 0.845. The van der Waals surface area contributed by atoms with Crippen molar-refractivity contribution in [1.82, 2.24) is 14.9 Å². The molecule has 16 heavy (non-hydrogen) atoms. The Kier molecular flexibility index (Phi) is 3.30. The second kappa shape index (κ2) is 4.55. The fraction of sp³-hybridized carbons (Fsp3) is 0.750. The van der Waals surface area contributed by atoms with E-state index in [1.807, 2.05) is 19.4 Å². The van der Waals surface area contributed by atoms with E-state index in [0.29, 0.717) is 0 Å². The predicted octanol–water partition coefficient (Wildman–Crippen LogP) is 1.73. The molecule has 0 saturated carbocycles. The highest BCUT2D eigenvalue weighted by atomic mass is 16.5. The molecule has 2 atom stereocenters. The van der Waals surface area contributed by atoms with Crippen molar-refractivity contribution in [2.75, 3.05) is 13.7 Å². The third-order valence-electron chi connectivity index (χ3n) is 3.50. The molecular weight excluding hydrogens is 202 g/mol. The summed E-state index contributed by atoms with van der Waals surface area (Å²) in [5, 5.41) is 3.35. The van der Waals surface area contributed by atoms with E-state index in [9.17, 15) is 0 Å². The lowest BCUT2D eigenvalue weighted by Crippen LogP contribution is -2.41. The Bertz CT molecular complexity index is 342. The topological polar surface area (TPSA) is 39.1 Å². The zero-order valence-corrected chi connectivity index (χ0v) is 10.4. The van der Waals surface area contributed by atoms with Crippen molar-refractivity contribution in [3.05, 3.63) is 18.2 Å². The fourth-order valence-corrected chi connectivity index (χ4v) is 2.58. The Balaban J connectivity index is 2.28. The van der Waals surface area contributed by atoms with E-state index in [1.165, 1.54) is 0 Å². The number of likely N-dealkylation sites (N-methyl/N-ethyl adjacent to an activating group) is 1. The molecule has 0 aromatic carbocycles. The Morgan fingerprint density at radius 3 is 3.06 bits per heavy atom. The number of imidazole rings is 1. The number of rotatable bonds is 4. The number of hydrogen-bond donors (Lipinski definition) is 1. The van der Waals surface area contributed by atoms with Crippen LogP contribution in [0.2, 0.25) is 0 Å². The van der Waals surface area contributed by atoms with Crippen LogP contribution in [0.4, 0.5) is 0 Å². The summed E-state index contributed by atoms with van der Waals surface area (Å²) in [7, 11) is 1.98. The molecule has 1 fully saturated rings. The minimum Gasteiger partial charge on any atom is -0.373 e. The third-order valence-corrected chi connectivity index (χ3v) is 3.50. The number of hydrogen-bond acceptors (Lipinski definition) is 3. The molecule has 1 N–H and O–H groups in total. The van der Waals surface area contributed by atoms with E-state index in [2.05, 4.69) is 28.7 Å². The first-order valence-electron chi connectivity index (χ1n) is 6.03. The van der Waals surface area contributed by atoms with E-state index < -0.39 is 0 Å². The summed E-state index contributed by atoms with van der Waals surface area (Å²) >= 11 is 0. The van der Waals surface area contributed by atoms with Gasteiger partial charge in [0.25, 0.3) is 0 Å². The van der Waals surface area contributed by atoms with Gasteiger partial charge >= 0.3 is 0 Å². The first kappa shape index (κ1) is 11.6. The largest absolute Gasteiger partial charge is 0.373 e. The van der Waals surface area contributed by atoms with Crippen LogP contribution in [-0.2, 0) is 11.3 Å². The van der Waals surface area contributed by atoms with Crippen molar-refractivity contribution in [3.63, 3.8) is 0 Å². The maximum atomic E-state index is 5.90. The minimum absolute atomic E-state index is 0.118. The van der Waals surface area contributed by atoms with Gasteiger partial charge in [0.2, 0.25) is 0 Å². The van der Waals surface area contributed by atoms with Crippen LogP contribution in [0.15, 0.2) is 12.4 Å². The summed E-state index contributed by atoms with van der Waals surface area (Å²) in [6.45, 7) is 6.12. The Morgan fingerprint density at radius 2 is 2.50 bits per heavy atom. The molecule has 90 valence electrons. The van der Waals surface area contributed by atoms with E-state index in [0.717, 1.165) is 31.8 Å². The molecule has 0 spiro atoms. The number of aromatic nitrogens is 2. The van der Waals surface area contributed by atoms with Crippen molar-refractivity contribution >= 4 is 0 Å². The molecule has 1 aromatic rings. The zero-order valence-electron chi connectivity index (χ0n) is 10.4. The van der Waals surface area contributed by atoms with Crippen molar-refractivity contribution in [1.29, 1.82) is 0 Å². The molecule has 2 heterocycles. The Labute approximate surface area is 97.0 Å². The molecule has 0 radical (unpaired) electrons. The highest BCUT2D eigenvalue weighted by Gasteiger charge is 2.40. The van der Waals surface area contributed by atoms with Crippen molar-refractivity contribution in [2.24, 2.45) is 0 Å². The van der Waals surface area contributed by atoms with Crippen molar-refractivity contribution in [2.45, 2.75) is 44.9 Å². The van der Waals surface area contributed by atoms with Crippen molar-refractivity contribution in [3.8, 4) is 0 Å². The maximum Gasteiger partial charge on any atom is 0.128 e. The van der Waals surface area contributed by atoms with Crippen LogP contribution in [-0.4, -0.2) is 28.8 Å². The molecule has 1 saturated heterocycles. The lowest BCUT2D eigenvalue weighted by molar-refractivity contribution is -0.0136. The lowest BCUT2D eigenvalue weighted by atomic mass is 9.92. The number of ether oxygens (including phenoxy) is 1. The molecule has 0 bridgehead atoms. The molecule has 1 aliphatic rings. The normalized spacial score (nSPS) is 27.2. The van der Waals surface area contributed by atoms with Crippen LogP contribution >= 0.6 is 0 Å². The van der Waals surface area contributed by atoms with Gasteiger partial charge in [0, 0.05) is 25.5 Å². The number of aryl methyl sites for hydroxylation is 1. The molecule has 2 rings (SSSR count). The average molecular weight is 223 g/mol. The van der Waals surface area contributed by atoms with Crippen LogP contribution in [0.1, 0.15) is 38.6 Å². The summed E-state index contributed by atoms with van der Waals surface area (Å²) in [4.78, 5) is 4.47. The first-order valence-corrected chi connectivity index (χ1v) is 6.03. The highest BCUT2D eigenvalue weighted by Crippen LogP contribution is 2.36. The Hall–Kier alpha value is -0.870. The number of nitrogens with one attached hydrogen (secondary N) is 1. The molecule has 2 unspecified atom stereocenters. The summed E-state index contributed by atoms with van der Waals surface area (Å²) in [5.74, 6) is 1.08. The zero-order chi connectivity index (χ0) is 11.6. The van der Waals surface area contributed by atoms with Gasteiger partial charge in [-0.1, -0.05) is 0 Å². The van der Waals surface area contributed by atoms with E-state index >= 15 is 0 Å². The summed E-state index contributed by atoms with van der Waals surface area (Å²) in [6, 6.07) is 0.171. The van der Waals surface area contributed by atoms with E-state index in [-0.39, 0.29) is 11.6 Å². The molecular formula is C12H21N3O. The monoisotopic (exact) mass is 223 g/mol. The van der Waals surface area contributed by atoms with Crippen LogP contribution in [0.3, 0.4) is 0 Å². The van der Waals surface area contributed by atoms with Gasteiger partial charge < -0.3 is 14.6 Å². The second-order valence-corrected chi connectivity index (χ2v) is 4.56. The standard InChI is InChI=1S/C12H21N3O/c1-4-15-8-7-14-11(15)10(13-3)12(2)6-5-9-16-12/h7-8,10,13H,4-6,9H2,1-3H3. The predicted molar refractivity (Wildman–Crippen MR) is 63.3 cm³/mol. The van der Waals surface area contributed by atoms with Gasteiger partial charge in [-0.2, -0.15) is 0 Å². The van der Waals surface area contributed by atoms with Gasteiger partial charge in [0.1, 0.15) is 5.82 Å². The van der Waals surface area contributed by atoms with Crippen LogP contribution in [0, 0.1) is 0 Å². The summed E-state index contributed by atoms with van der Waals surface area (Å²) < 4.78 is 8.08. The minimum atomic E-state index is -0.118. The van der Waals surface area contributed by atoms with Gasteiger partial charge in [-0.25, -0.2) is 4.98 Å². The van der Waals surface area contributed by atoms with Crippen LogP contribution in [0.25, 0.3) is 0 Å². The van der Waals surface area contributed by atoms with E-state index in [4.69, 9.17) is 4.74 Å². The molecule has 1 aliphatic heterocycles. The van der Waals surface area contributed by atoms with Gasteiger partial charge in [-0.3, -0.25) is 0 Å². The SMILES string of the molecule is CCn1ccnc1C(NC)C1(C)CCCO1. The average Bonchev–Trinajstić information content (AvgIpc) is 2.89. The first-order chi connectivity index (χ1) is 7.71. The smallest absolute Gasteiger partial charge is 0.128 e. The molecule has 0 aliphatic carbocycles. The van der Waals surface area contributed by atoms with Crippen LogP contribution in [0.5, 0.6) is 0 Å². The molecule has 4 heteroatoms. The van der Waals surface area contributed by atoms with Crippen molar-refractivity contribution < 1.29 is 4.74 Å². The molecule has 0 amide bonds. The lowest BCUT2D eigenvalue weighted by Gasteiger charge is -2.32. The molecule has 1 aromatic heterocycles. The summed E-state index contributed by atoms with van der Waals surface area (Å²) in [6.07, 6.45) is 6.12. The van der Waals surface area contributed by atoms with Gasteiger partial charge in [0.15, 0.2) is 0 Å². The third kappa shape index (κ3) is 1.87. The van der Waals surface area contributed by atoms with Crippen LogP contribution < -0.4 is 5.32 Å². The molecule has 4 nitrogen and oxygen atoms in total.